The van der Waals surface area contributed by atoms with Gasteiger partial charge in [-0.05, 0) is 34.1 Å². The van der Waals surface area contributed by atoms with Gasteiger partial charge in [0.05, 0.1) is 12.6 Å². The van der Waals surface area contributed by atoms with E-state index in [1.54, 1.807) is 0 Å². The second-order valence-corrected chi connectivity index (χ2v) is 6.53. The molecule has 6 heteroatoms. The van der Waals surface area contributed by atoms with Crippen LogP contribution in [0.15, 0.2) is 0 Å². The third-order valence-corrected chi connectivity index (χ3v) is 3.52. The lowest BCUT2D eigenvalue weighted by Gasteiger charge is -2.42. The van der Waals surface area contributed by atoms with Crippen LogP contribution < -0.4 is 0 Å². The predicted molar refractivity (Wildman–Crippen MR) is 73.3 cm³/mol. The van der Waals surface area contributed by atoms with E-state index in [0.717, 1.165) is 6.42 Å². The summed E-state index contributed by atoms with van der Waals surface area (Å²) in [4.78, 5) is 27.7. The van der Waals surface area contributed by atoms with Crippen LogP contribution in [0, 0.1) is 0 Å². The van der Waals surface area contributed by atoms with Crippen molar-refractivity contribution in [2.75, 3.05) is 26.3 Å². The average Bonchev–Trinajstić information content (AvgIpc) is 2.79. The van der Waals surface area contributed by atoms with Gasteiger partial charge in [0.1, 0.15) is 12.1 Å². The number of ether oxygens (including phenoxy) is 2. The molecule has 0 aromatic carbocycles. The maximum Gasteiger partial charge on any atom is 0.410 e. The molecule has 2 amide bonds. The molecule has 2 fully saturated rings. The minimum absolute atomic E-state index is 0.00420. The van der Waals surface area contributed by atoms with Gasteiger partial charge in [0.2, 0.25) is 5.91 Å². The summed E-state index contributed by atoms with van der Waals surface area (Å²) in [7, 11) is 0. The summed E-state index contributed by atoms with van der Waals surface area (Å²) in [5.41, 5.74) is -0.542. The Kier molecular flexibility index (Phi) is 4.22. The van der Waals surface area contributed by atoms with E-state index < -0.39 is 11.7 Å². The van der Waals surface area contributed by atoms with E-state index in [9.17, 15) is 9.59 Å². The highest BCUT2D eigenvalue weighted by Gasteiger charge is 2.38. The molecule has 0 aromatic heterocycles. The molecular formula is C14H24N2O4. The van der Waals surface area contributed by atoms with Crippen molar-refractivity contribution in [2.45, 2.75) is 51.8 Å². The maximum atomic E-state index is 12.3. The van der Waals surface area contributed by atoms with Gasteiger partial charge in [-0.3, -0.25) is 9.69 Å². The fourth-order valence-electron chi connectivity index (χ4n) is 2.73. The topological polar surface area (TPSA) is 59.1 Å². The lowest BCUT2D eigenvalue weighted by Crippen LogP contribution is -2.60. The summed E-state index contributed by atoms with van der Waals surface area (Å²) in [5, 5.41) is 0. The van der Waals surface area contributed by atoms with Gasteiger partial charge in [0.25, 0.3) is 0 Å². The van der Waals surface area contributed by atoms with Gasteiger partial charge in [-0.2, -0.15) is 0 Å². The number of amides is 2. The van der Waals surface area contributed by atoms with E-state index in [1.165, 1.54) is 4.90 Å². The van der Waals surface area contributed by atoms with Crippen molar-refractivity contribution in [1.29, 1.82) is 0 Å². The van der Waals surface area contributed by atoms with Crippen LogP contribution in [0.2, 0.25) is 0 Å². The van der Waals surface area contributed by atoms with E-state index in [4.69, 9.17) is 9.47 Å². The molecule has 0 aliphatic carbocycles. The fraction of sp³-hybridized carbons (Fsp3) is 0.857. The largest absolute Gasteiger partial charge is 0.444 e. The normalized spacial score (nSPS) is 27.9. The lowest BCUT2D eigenvalue weighted by molar-refractivity contribution is -0.142. The molecule has 0 saturated carbocycles. The Hall–Kier alpha value is -1.30. The number of carbonyl (C=O) groups excluding carboxylic acids is 2. The first-order valence-corrected chi connectivity index (χ1v) is 7.15. The molecule has 2 rings (SSSR count). The molecule has 0 N–H and O–H groups in total. The van der Waals surface area contributed by atoms with Crippen LogP contribution in [0.3, 0.4) is 0 Å². The first kappa shape index (κ1) is 15.1. The molecule has 6 nitrogen and oxygen atoms in total. The summed E-state index contributed by atoms with van der Waals surface area (Å²) >= 11 is 0. The van der Waals surface area contributed by atoms with E-state index in [0.29, 0.717) is 19.8 Å². The highest BCUT2D eigenvalue weighted by Crippen LogP contribution is 2.21. The van der Waals surface area contributed by atoms with Crippen LogP contribution in [0.1, 0.15) is 34.1 Å². The van der Waals surface area contributed by atoms with Crippen LogP contribution in [0.5, 0.6) is 0 Å². The maximum absolute atomic E-state index is 12.3. The molecule has 2 saturated heterocycles. The Balaban J connectivity index is 1.98. The number of carbonyl (C=O) groups is 2. The molecule has 2 aliphatic heterocycles. The molecule has 114 valence electrons. The first-order chi connectivity index (χ1) is 9.28. The van der Waals surface area contributed by atoms with Crippen molar-refractivity contribution >= 4 is 12.0 Å². The molecule has 1 unspecified atom stereocenters. The van der Waals surface area contributed by atoms with E-state index >= 15 is 0 Å². The van der Waals surface area contributed by atoms with E-state index in [2.05, 4.69) is 0 Å². The fourth-order valence-corrected chi connectivity index (χ4v) is 2.73. The Bertz CT molecular complexity index is 385. The number of nitrogens with zero attached hydrogens (tertiary/aromatic N) is 2. The van der Waals surface area contributed by atoms with Crippen LogP contribution in [-0.2, 0) is 14.3 Å². The number of hydrogen-bond acceptors (Lipinski definition) is 4. The number of hydrogen-bond donors (Lipinski definition) is 0. The molecule has 20 heavy (non-hydrogen) atoms. The first-order valence-electron chi connectivity index (χ1n) is 7.15. The molecule has 0 spiro atoms. The average molecular weight is 284 g/mol. The van der Waals surface area contributed by atoms with Gasteiger partial charge < -0.3 is 14.4 Å². The van der Waals surface area contributed by atoms with Crippen LogP contribution in [0.25, 0.3) is 0 Å². The zero-order valence-electron chi connectivity index (χ0n) is 12.7. The monoisotopic (exact) mass is 284 g/mol. The molecule has 2 atom stereocenters. The molecular weight excluding hydrogens is 260 g/mol. The second kappa shape index (κ2) is 5.60. The summed E-state index contributed by atoms with van der Waals surface area (Å²) < 4.78 is 10.7. The lowest BCUT2D eigenvalue weighted by atomic mass is 10.1. The van der Waals surface area contributed by atoms with Crippen LogP contribution in [-0.4, -0.2) is 65.8 Å². The Morgan fingerprint density at radius 1 is 1.40 bits per heavy atom. The van der Waals surface area contributed by atoms with Crippen LogP contribution in [0.4, 0.5) is 4.79 Å². The molecule has 0 bridgehead atoms. The minimum Gasteiger partial charge on any atom is -0.444 e. The second-order valence-electron chi connectivity index (χ2n) is 6.53. The summed E-state index contributed by atoms with van der Waals surface area (Å²) in [5.74, 6) is -0.0230. The van der Waals surface area contributed by atoms with Gasteiger partial charge >= 0.3 is 6.09 Å². The number of rotatable bonds is 1. The van der Waals surface area contributed by atoms with Gasteiger partial charge in [-0.15, -0.1) is 0 Å². The van der Waals surface area contributed by atoms with Gasteiger partial charge in [-0.1, -0.05) is 0 Å². The van der Waals surface area contributed by atoms with E-state index in [1.807, 2.05) is 32.6 Å². The molecule has 0 radical (unpaired) electrons. The Morgan fingerprint density at radius 3 is 2.60 bits per heavy atom. The third kappa shape index (κ3) is 3.42. The van der Waals surface area contributed by atoms with Gasteiger partial charge in [0, 0.05) is 19.2 Å². The zero-order chi connectivity index (χ0) is 14.9. The quantitative estimate of drug-likeness (QED) is 0.727. The highest BCUT2D eigenvalue weighted by atomic mass is 16.6. The summed E-state index contributed by atoms with van der Waals surface area (Å²) in [6.07, 6.45) is 0.461. The zero-order valence-corrected chi connectivity index (χ0v) is 12.7. The standard InChI is InChI=1S/C14H24N2O4/c1-10-7-15(13(18)20-14(2,3)4)8-12(17)16(10)11-5-6-19-9-11/h10-11H,5-9H2,1-4H3/t10?,11-/m0/s1. The Morgan fingerprint density at radius 2 is 2.10 bits per heavy atom. The molecule has 0 aromatic rings. The Labute approximate surface area is 120 Å². The highest BCUT2D eigenvalue weighted by molar-refractivity contribution is 5.84. The van der Waals surface area contributed by atoms with Crippen LogP contribution >= 0.6 is 0 Å². The minimum atomic E-state index is -0.542. The summed E-state index contributed by atoms with van der Waals surface area (Å²) in [6, 6.07) is 0.147. The molecule has 2 aliphatic rings. The van der Waals surface area contributed by atoms with Crippen molar-refractivity contribution in [3.63, 3.8) is 0 Å². The van der Waals surface area contributed by atoms with Crippen molar-refractivity contribution in [3.8, 4) is 0 Å². The molecule has 2 heterocycles. The van der Waals surface area contributed by atoms with E-state index in [-0.39, 0.29) is 24.5 Å². The number of piperazine rings is 1. The summed E-state index contributed by atoms with van der Waals surface area (Å²) in [6.45, 7) is 9.34. The van der Waals surface area contributed by atoms with Crippen molar-refractivity contribution < 1.29 is 19.1 Å². The predicted octanol–water partition coefficient (Wildman–Crippen LogP) is 1.24. The van der Waals surface area contributed by atoms with Crippen molar-refractivity contribution in [1.82, 2.24) is 9.80 Å². The van der Waals surface area contributed by atoms with Gasteiger partial charge in [-0.25, -0.2) is 4.79 Å². The smallest absolute Gasteiger partial charge is 0.410 e. The van der Waals surface area contributed by atoms with Gasteiger partial charge in [0.15, 0.2) is 0 Å². The van der Waals surface area contributed by atoms with Crippen molar-refractivity contribution in [2.24, 2.45) is 0 Å². The van der Waals surface area contributed by atoms with Crippen molar-refractivity contribution in [3.05, 3.63) is 0 Å². The third-order valence-electron chi connectivity index (χ3n) is 3.52. The SMILES string of the molecule is CC1CN(C(=O)OC(C)(C)C)CC(=O)N1[C@H]1CCOC1.